The van der Waals surface area contributed by atoms with Crippen molar-refractivity contribution in [2.24, 2.45) is 23.7 Å². The third kappa shape index (κ3) is 4.32. The third-order valence-corrected chi connectivity index (χ3v) is 6.18. The quantitative estimate of drug-likeness (QED) is 0.520. The van der Waals surface area contributed by atoms with E-state index in [-0.39, 0.29) is 23.3 Å². The normalized spacial score (nSPS) is 24.3. The number of benzene rings is 2. The first-order valence-electron chi connectivity index (χ1n) is 9.50. The summed E-state index contributed by atoms with van der Waals surface area (Å²) in [5.74, 6) is -3.61. The molecule has 2 aromatic carbocycles. The number of carboxylic acids is 1. The van der Waals surface area contributed by atoms with Crippen molar-refractivity contribution in [1.29, 1.82) is 0 Å². The van der Waals surface area contributed by atoms with Gasteiger partial charge in [-0.05, 0) is 60.7 Å². The van der Waals surface area contributed by atoms with Gasteiger partial charge in [-0.3, -0.25) is 9.59 Å². The van der Waals surface area contributed by atoms with Crippen molar-refractivity contribution in [3.63, 3.8) is 0 Å². The summed E-state index contributed by atoms with van der Waals surface area (Å²) in [5.41, 5.74) is -1.12. The van der Waals surface area contributed by atoms with Gasteiger partial charge in [-0.25, -0.2) is 0 Å². The maximum atomic E-state index is 13.3. The van der Waals surface area contributed by atoms with Crippen molar-refractivity contribution in [3.8, 4) is 11.5 Å². The zero-order valence-corrected chi connectivity index (χ0v) is 17.5. The summed E-state index contributed by atoms with van der Waals surface area (Å²) in [6.07, 6.45) is -0.479. The van der Waals surface area contributed by atoms with Crippen LogP contribution < -0.4 is 10.1 Å². The number of alkyl halides is 3. The summed E-state index contributed by atoms with van der Waals surface area (Å²) in [7, 11) is 0. The van der Waals surface area contributed by atoms with Crippen molar-refractivity contribution >= 4 is 33.5 Å². The Morgan fingerprint density at radius 1 is 1.03 bits per heavy atom. The number of allylic oxidation sites excluding steroid dienone is 2. The lowest BCUT2D eigenvalue weighted by molar-refractivity contribution is -0.146. The summed E-state index contributed by atoms with van der Waals surface area (Å²) in [5, 5.41) is 12.0. The van der Waals surface area contributed by atoms with Gasteiger partial charge in [0.15, 0.2) is 5.75 Å². The standard InChI is InChI=1S/C22H17BrF3NO4/c23-14-4-6-15(7-5-14)31-17-8-3-13(22(24,25)26)10-16(17)27-20(28)18-11-1-2-12(9-11)19(18)21(29)30/h1-8,10-12,18-19H,9H2,(H,27,28)(H,29,30)/t11-,12-,18+,19+/m0/s1. The van der Waals surface area contributed by atoms with E-state index >= 15 is 0 Å². The predicted molar refractivity (Wildman–Crippen MR) is 110 cm³/mol. The minimum absolute atomic E-state index is 0.0224. The first-order valence-corrected chi connectivity index (χ1v) is 10.3. The van der Waals surface area contributed by atoms with Crippen LogP contribution in [0.25, 0.3) is 0 Å². The van der Waals surface area contributed by atoms with Crippen molar-refractivity contribution in [3.05, 3.63) is 64.7 Å². The van der Waals surface area contributed by atoms with E-state index in [0.29, 0.717) is 12.2 Å². The van der Waals surface area contributed by atoms with Crippen LogP contribution >= 0.6 is 15.9 Å². The highest BCUT2D eigenvalue weighted by atomic mass is 79.9. The number of aliphatic carboxylic acids is 1. The fraction of sp³-hybridized carbons (Fsp3) is 0.273. The molecule has 162 valence electrons. The number of nitrogens with one attached hydrogen (secondary N) is 1. The SMILES string of the molecule is O=C(O)[C@H]1[C@H](C(=O)Nc2cc(C(F)(F)F)ccc2Oc2ccc(Br)cc2)[C@H]2C=C[C@H]1C2. The number of ether oxygens (including phenoxy) is 1. The molecule has 5 nitrogen and oxygen atoms in total. The highest BCUT2D eigenvalue weighted by molar-refractivity contribution is 9.10. The number of anilines is 1. The van der Waals surface area contributed by atoms with E-state index in [2.05, 4.69) is 21.2 Å². The molecule has 0 unspecified atom stereocenters. The van der Waals surface area contributed by atoms with Crippen molar-refractivity contribution in [1.82, 2.24) is 0 Å². The molecule has 2 aromatic rings. The number of halogens is 4. The number of amides is 1. The van der Waals surface area contributed by atoms with Gasteiger partial charge in [-0.15, -0.1) is 0 Å². The van der Waals surface area contributed by atoms with E-state index in [9.17, 15) is 27.9 Å². The Morgan fingerprint density at radius 2 is 1.68 bits per heavy atom. The van der Waals surface area contributed by atoms with Crippen LogP contribution in [0.2, 0.25) is 0 Å². The van der Waals surface area contributed by atoms with Gasteiger partial charge in [-0.2, -0.15) is 13.2 Å². The molecule has 1 amide bonds. The molecule has 2 aliphatic rings. The van der Waals surface area contributed by atoms with Gasteiger partial charge in [0.25, 0.3) is 0 Å². The Hall–Kier alpha value is -2.81. The predicted octanol–water partition coefficient (Wildman–Crippen LogP) is 5.72. The lowest BCUT2D eigenvalue weighted by atomic mass is 9.82. The van der Waals surface area contributed by atoms with Crippen LogP contribution in [0.4, 0.5) is 18.9 Å². The molecule has 0 radical (unpaired) electrons. The van der Waals surface area contributed by atoms with E-state index in [1.807, 2.05) is 0 Å². The Labute approximate surface area is 184 Å². The van der Waals surface area contributed by atoms with Crippen LogP contribution in [0, 0.1) is 23.7 Å². The Kier molecular flexibility index (Phi) is 5.55. The third-order valence-electron chi connectivity index (χ3n) is 5.65. The van der Waals surface area contributed by atoms with E-state index in [4.69, 9.17) is 4.74 Å². The van der Waals surface area contributed by atoms with Crippen LogP contribution in [0.1, 0.15) is 12.0 Å². The maximum absolute atomic E-state index is 13.3. The molecule has 31 heavy (non-hydrogen) atoms. The summed E-state index contributed by atoms with van der Waals surface area (Å²) in [6.45, 7) is 0. The summed E-state index contributed by atoms with van der Waals surface area (Å²) in [4.78, 5) is 24.7. The smallest absolute Gasteiger partial charge is 0.416 e. The number of fused-ring (bicyclic) bond motifs is 2. The maximum Gasteiger partial charge on any atom is 0.416 e. The zero-order chi connectivity index (χ0) is 22.3. The number of rotatable bonds is 5. The molecule has 1 fully saturated rings. The van der Waals surface area contributed by atoms with E-state index < -0.39 is 35.5 Å². The highest BCUT2D eigenvalue weighted by Crippen LogP contribution is 2.49. The molecular weight excluding hydrogens is 479 g/mol. The van der Waals surface area contributed by atoms with Gasteiger partial charge in [0.05, 0.1) is 23.1 Å². The summed E-state index contributed by atoms with van der Waals surface area (Å²) >= 11 is 3.29. The Bertz CT molecular complexity index is 1050. The Balaban J connectivity index is 1.65. The van der Waals surface area contributed by atoms with Crippen LogP contribution in [0.15, 0.2) is 59.1 Å². The van der Waals surface area contributed by atoms with Crippen LogP contribution in [-0.4, -0.2) is 17.0 Å². The summed E-state index contributed by atoms with van der Waals surface area (Å²) < 4.78 is 46.3. The zero-order valence-electron chi connectivity index (χ0n) is 15.9. The Morgan fingerprint density at radius 3 is 2.29 bits per heavy atom. The number of carboxylic acid groups (broad SMARTS) is 1. The van der Waals surface area contributed by atoms with Gasteiger partial charge in [0.2, 0.25) is 5.91 Å². The van der Waals surface area contributed by atoms with Gasteiger partial charge in [-0.1, -0.05) is 28.1 Å². The topological polar surface area (TPSA) is 75.6 Å². The second-order valence-corrected chi connectivity index (χ2v) is 8.51. The highest BCUT2D eigenvalue weighted by Gasteiger charge is 2.51. The molecule has 0 aromatic heterocycles. The molecule has 4 rings (SSSR count). The fourth-order valence-electron chi connectivity index (χ4n) is 4.26. The molecule has 1 saturated carbocycles. The number of hydrogen-bond donors (Lipinski definition) is 2. The van der Waals surface area contributed by atoms with Gasteiger partial charge in [0.1, 0.15) is 5.75 Å². The van der Waals surface area contributed by atoms with Gasteiger partial charge >= 0.3 is 12.1 Å². The van der Waals surface area contributed by atoms with Crippen molar-refractivity contribution in [2.75, 3.05) is 5.32 Å². The van der Waals surface area contributed by atoms with Gasteiger partial charge < -0.3 is 15.2 Å². The molecule has 2 N–H and O–H groups in total. The first kappa shape index (κ1) is 21.4. The second-order valence-electron chi connectivity index (χ2n) is 7.59. The summed E-state index contributed by atoms with van der Waals surface area (Å²) in [6, 6.07) is 9.45. The minimum Gasteiger partial charge on any atom is -0.481 e. The van der Waals surface area contributed by atoms with Crippen LogP contribution in [0.5, 0.6) is 11.5 Å². The molecule has 9 heteroatoms. The lowest BCUT2D eigenvalue weighted by Gasteiger charge is -2.24. The molecule has 0 saturated heterocycles. The fourth-order valence-corrected chi connectivity index (χ4v) is 4.52. The van der Waals surface area contributed by atoms with E-state index in [1.54, 1.807) is 36.4 Å². The minimum atomic E-state index is -4.62. The second kappa shape index (κ2) is 8.03. The average molecular weight is 496 g/mol. The number of carbonyl (C=O) groups is 2. The molecule has 0 heterocycles. The molecular formula is C22H17BrF3NO4. The molecule has 2 aliphatic carbocycles. The molecule has 0 aliphatic heterocycles. The number of carbonyl (C=O) groups excluding carboxylic acids is 1. The lowest BCUT2D eigenvalue weighted by Crippen LogP contribution is -2.36. The van der Waals surface area contributed by atoms with Crippen molar-refractivity contribution in [2.45, 2.75) is 12.6 Å². The van der Waals surface area contributed by atoms with E-state index in [1.165, 1.54) is 0 Å². The first-order chi connectivity index (χ1) is 14.6. The monoisotopic (exact) mass is 495 g/mol. The molecule has 0 spiro atoms. The van der Waals surface area contributed by atoms with Crippen LogP contribution in [0.3, 0.4) is 0 Å². The van der Waals surface area contributed by atoms with Crippen molar-refractivity contribution < 1.29 is 32.6 Å². The van der Waals surface area contributed by atoms with E-state index in [0.717, 1.165) is 22.7 Å². The van der Waals surface area contributed by atoms with Gasteiger partial charge in [0, 0.05) is 4.47 Å². The van der Waals surface area contributed by atoms with Crippen LogP contribution in [-0.2, 0) is 15.8 Å². The largest absolute Gasteiger partial charge is 0.481 e. The average Bonchev–Trinajstić information content (AvgIpc) is 3.31. The molecule has 2 bridgehead atoms. The number of hydrogen-bond acceptors (Lipinski definition) is 3. The molecule has 4 atom stereocenters.